The minimum absolute atomic E-state index is 0.121. The van der Waals surface area contributed by atoms with Crippen LogP contribution in [-0.4, -0.2) is 26.4 Å². The summed E-state index contributed by atoms with van der Waals surface area (Å²) in [6, 6.07) is 11.0. The third kappa shape index (κ3) is 6.07. The number of benzene rings is 2. The van der Waals surface area contributed by atoms with E-state index >= 15 is 0 Å². The van der Waals surface area contributed by atoms with Crippen LogP contribution in [0.3, 0.4) is 0 Å². The van der Waals surface area contributed by atoms with Crippen molar-refractivity contribution in [1.29, 1.82) is 0 Å². The fraction of sp³-hybridized carbons (Fsp3) is 0.286. The van der Waals surface area contributed by atoms with Crippen LogP contribution >= 0.6 is 46.6 Å². The number of carbonyl (C=O) groups excluding carboxylic acids is 1. The van der Waals surface area contributed by atoms with Crippen molar-refractivity contribution in [2.75, 3.05) is 11.1 Å². The summed E-state index contributed by atoms with van der Waals surface area (Å²) >= 11 is 19.3. The first-order valence-electron chi connectivity index (χ1n) is 9.50. The minimum Gasteiger partial charge on any atom is -0.483 e. The Kier molecular flexibility index (Phi) is 8.11. The van der Waals surface area contributed by atoms with E-state index in [4.69, 9.17) is 39.5 Å². The molecule has 31 heavy (non-hydrogen) atoms. The normalized spacial score (nSPS) is 11.9. The first kappa shape index (κ1) is 23.7. The molecule has 0 saturated heterocycles. The highest BCUT2D eigenvalue weighted by Gasteiger charge is 2.18. The van der Waals surface area contributed by atoms with Crippen molar-refractivity contribution in [1.82, 2.24) is 14.8 Å². The van der Waals surface area contributed by atoms with Gasteiger partial charge in [0.05, 0.1) is 26.5 Å². The molecule has 1 amide bonds. The van der Waals surface area contributed by atoms with Crippen LogP contribution in [0.4, 0.5) is 5.69 Å². The summed E-state index contributed by atoms with van der Waals surface area (Å²) < 4.78 is 7.80. The van der Waals surface area contributed by atoms with Crippen LogP contribution in [0.5, 0.6) is 5.75 Å². The van der Waals surface area contributed by atoms with Gasteiger partial charge in [0.2, 0.25) is 5.91 Å². The van der Waals surface area contributed by atoms with Crippen molar-refractivity contribution in [3.63, 3.8) is 0 Å². The quantitative estimate of drug-likeness (QED) is 0.295. The van der Waals surface area contributed by atoms with E-state index < -0.39 is 0 Å². The number of amides is 1. The lowest BCUT2D eigenvalue weighted by Gasteiger charge is -2.14. The molecule has 0 spiro atoms. The highest BCUT2D eigenvalue weighted by molar-refractivity contribution is 7.99. The van der Waals surface area contributed by atoms with Crippen molar-refractivity contribution in [3.05, 3.63) is 62.9 Å². The lowest BCUT2D eigenvalue weighted by molar-refractivity contribution is -0.113. The van der Waals surface area contributed by atoms with E-state index in [0.717, 1.165) is 12.2 Å². The van der Waals surface area contributed by atoms with Gasteiger partial charge in [0.15, 0.2) is 17.1 Å². The predicted molar refractivity (Wildman–Crippen MR) is 127 cm³/mol. The maximum absolute atomic E-state index is 12.3. The Balaban J connectivity index is 1.59. The van der Waals surface area contributed by atoms with Gasteiger partial charge >= 0.3 is 0 Å². The molecule has 0 aliphatic rings. The van der Waals surface area contributed by atoms with E-state index in [0.29, 0.717) is 31.7 Å². The van der Waals surface area contributed by atoms with Gasteiger partial charge in [-0.25, -0.2) is 0 Å². The summed E-state index contributed by atoms with van der Waals surface area (Å²) in [5.74, 6) is 1.29. The second-order valence-electron chi connectivity index (χ2n) is 6.74. The molecule has 10 heteroatoms. The third-order valence-electron chi connectivity index (χ3n) is 4.49. The number of rotatable bonds is 8. The van der Waals surface area contributed by atoms with Crippen molar-refractivity contribution in [2.45, 2.75) is 31.5 Å². The molecule has 2 aromatic carbocycles. The Morgan fingerprint density at radius 3 is 2.48 bits per heavy atom. The van der Waals surface area contributed by atoms with Gasteiger partial charge in [0.25, 0.3) is 0 Å². The Morgan fingerprint density at radius 2 is 1.81 bits per heavy atom. The van der Waals surface area contributed by atoms with Gasteiger partial charge in [-0.2, -0.15) is 0 Å². The Bertz CT molecular complexity index is 1070. The second kappa shape index (κ2) is 10.6. The van der Waals surface area contributed by atoms with Crippen LogP contribution in [0, 0.1) is 0 Å². The maximum atomic E-state index is 12.3. The predicted octanol–water partition coefficient (Wildman–Crippen LogP) is 6.21. The van der Waals surface area contributed by atoms with E-state index in [1.165, 1.54) is 29.5 Å². The number of carbonyl (C=O) groups is 1. The summed E-state index contributed by atoms with van der Waals surface area (Å²) in [6.07, 6.45) is 0.674. The largest absolute Gasteiger partial charge is 0.483 e. The molecule has 0 bridgehead atoms. The van der Waals surface area contributed by atoms with Crippen LogP contribution in [-0.2, 0) is 18.3 Å². The molecule has 0 saturated carbocycles. The highest BCUT2D eigenvalue weighted by Crippen LogP contribution is 2.32. The topological polar surface area (TPSA) is 69.0 Å². The van der Waals surface area contributed by atoms with Crippen LogP contribution < -0.4 is 10.1 Å². The zero-order valence-corrected chi connectivity index (χ0v) is 20.2. The van der Waals surface area contributed by atoms with Crippen LogP contribution in [0.25, 0.3) is 0 Å². The molecule has 0 fully saturated rings. The number of anilines is 1. The zero-order valence-electron chi connectivity index (χ0n) is 17.2. The van der Waals surface area contributed by atoms with E-state index in [1.807, 2.05) is 42.8 Å². The molecule has 6 nitrogen and oxygen atoms in total. The van der Waals surface area contributed by atoms with Gasteiger partial charge in [-0.1, -0.05) is 65.6 Å². The first-order chi connectivity index (χ1) is 14.8. The van der Waals surface area contributed by atoms with Gasteiger partial charge in [-0.3, -0.25) is 4.79 Å². The van der Waals surface area contributed by atoms with E-state index in [2.05, 4.69) is 22.4 Å². The van der Waals surface area contributed by atoms with Crippen LogP contribution in [0.2, 0.25) is 15.1 Å². The summed E-state index contributed by atoms with van der Waals surface area (Å²) in [4.78, 5) is 12.3. The molecular weight excluding hydrogens is 479 g/mol. The Hall–Kier alpha value is -1.93. The summed E-state index contributed by atoms with van der Waals surface area (Å²) in [6.45, 7) is 4.02. The van der Waals surface area contributed by atoms with Gasteiger partial charge in [0.1, 0.15) is 5.75 Å². The van der Waals surface area contributed by atoms with Gasteiger partial charge in [-0.05, 0) is 43.2 Å². The molecule has 1 atom stereocenters. The molecular formula is C21H21Cl3N4O2S. The SMILES string of the molecule is CCc1ccc(O[C@@H](C)c2nnc(SCC(=O)Nc3cc(Cl)c(Cl)cc3Cl)n2C)cc1. The molecule has 0 unspecified atom stereocenters. The first-order valence-corrected chi connectivity index (χ1v) is 11.6. The smallest absolute Gasteiger partial charge is 0.234 e. The molecule has 1 aromatic heterocycles. The second-order valence-corrected chi connectivity index (χ2v) is 8.90. The molecule has 0 aliphatic heterocycles. The van der Waals surface area contributed by atoms with Crippen molar-refractivity contribution in [2.24, 2.45) is 7.05 Å². The third-order valence-corrected chi connectivity index (χ3v) is 6.55. The van der Waals surface area contributed by atoms with Gasteiger partial charge < -0.3 is 14.6 Å². The number of aromatic nitrogens is 3. The number of hydrogen-bond donors (Lipinski definition) is 1. The van der Waals surface area contributed by atoms with E-state index in [-0.39, 0.29) is 17.8 Å². The molecule has 1 heterocycles. The lowest BCUT2D eigenvalue weighted by Crippen LogP contribution is -2.15. The van der Waals surface area contributed by atoms with Crippen molar-refractivity contribution < 1.29 is 9.53 Å². The molecule has 1 N–H and O–H groups in total. The summed E-state index contributed by atoms with van der Waals surface area (Å²) in [5.41, 5.74) is 1.65. The number of aryl methyl sites for hydroxylation is 1. The molecule has 3 aromatic rings. The minimum atomic E-state index is -0.303. The number of ether oxygens (including phenoxy) is 1. The standard InChI is InChI=1S/C21H21Cl3N4O2S/c1-4-13-5-7-14(8-6-13)30-12(2)20-26-27-21(28(20)3)31-11-19(29)25-18-10-16(23)15(22)9-17(18)24/h5-10,12H,4,11H2,1-3H3,(H,25,29)/t12-/m0/s1. The fourth-order valence-electron chi connectivity index (χ4n) is 2.80. The van der Waals surface area contributed by atoms with Crippen molar-refractivity contribution in [3.8, 4) is 5.75 Å². The summed E-state index contributed by atoms with van der Waals surface area (Å²) in [7, 11) is 1.84. The fourth-order valence-corrected chi connectivity index (χ4v) is 4.11. The number of nitrogens with one attached hydrogen (secondary N) is 1. The van der Waals surface area contributed by atoms with Crippen LogP contribution in [0.1, 0.15) is 31.3 Å². The monoisotopic (exact) mass is 498 g/mol. The van der Waals surface area contributed by atoms with Crippen molar-refractivity contribution >= 4 is 58.2 Å². The molecule has 0 radical (unpaired) electrons. The highest BCUT2D eigenvalue weighted by atomic mass is 35.5. The number of nitrogens with zero attached hydrogens (tertiary/aromatic N) is 3. The lowest BCUT2D eigenvalue weighted by atomic mass is 10.2. The Labute approximate surface area is 200 Å². The van der Waals surface area contributed by atoms with Gasteiger partial charge in [-0.15, -0.1) is 10.2 Å². The number of halogens is 3. The summed E-state index contributed by atoms with van der Waals surface area (Å²) in [5, 5.41) is 12.7. The number of thioether (sulfide) groups is 1. The average molecular weight is 500 g/mol. The van der Waals surface area contributed by atoms with E-state index in [9.17, 15) is 4.79 Å². The van der Waals surface area contributed by atoms with Crippen LogP contribution in [0.15, 0.2) is 41.6 Å². The molecule has 3 rings (SSSR count). The number of hydrogen-bond acceptors (Lipinski definition) is 5. The average Bonchev–Trinajstić information content (AvgIpc) is 3.11. The maximum Gasteiger partial charge on any atom is 0.234 e. The molecule has 164 valence electrons. The van der Waals surface area contributed by atoms with E-state index in [1.54, 1.807) is 0 Å². The Morgan fingerprint density at radius 1 is 1.13 bits per heavy atom. The molecule has 0 aliphatic carbocycles. The zero-order chi connectivity index (χ0) is 22.5. The van der Waals surface area contributed by atoms with Gasteiger partial charge in [0, 0.05) is 7.05 Å².